The van der Waals surface area contributed by atoms with E-state index >= 15 is 0 Å². The number of pyridine rings is 1. The molecule has 0 spiro atoms. The van der Waals surface area contributed by atoms with E-state index in [1.54, 1.807) is 10.9 Å². The van der Waals surface area contributed by atoms with Crippen molar-refractivity contribution in [2.24, 2.45) is 7.05 Å². The quantitative estimate of drug-likeness (QED) is 0.868. The Balaban J connectivity index is 1.32. The number of urea groups is 1. The van der Waals surface area contributed by atoms with E-state index in [9.17, 15) is 4.79 Å². The van der Waals surface area contributed by atoms with Crippen LogP contribution in [0.3, 0.4) is 0 Å². The fourth-order valence-corrected chi connectivity index (χ4v) is 3.68. The van der Waals surface area contributed by atoms with E-state index in [2.05, 4.69) is 20.3 Å². The Labute approximate surface area is 159 Å². The summed E-state index contributed by atoms with van der Waals surface area (Å²) in [5.74, 6) is 1.75. The summed E-state index contributed by atoms with van der Waals surface area (Å²) in [4.78, 5) is 21.1. The molecular formula is C19H26N6O2. The lowest BCUT2D eigenvalue weighted by atomic mass is 10.3. The molecule has 0 unspecified atom stereocenters. The lowest BCUT2D eigenvalue weighted by Crippen LogP contribution is -2.39. The van der Waals surface area contributed by atoms with Crippen LogP contribution in [0.4, 0.5) is 10.6 Å². The molecule has 0 bridgehead atoms. The number of amides is 2. The summed E-state index contributed by atoms with van der Waals surface area (Å²) >= 11 is 0. The van der Waals surface area contributed by atoms with E-state index in [4.69, 9.17) is 4.74 Å². The van der Waals surface area contributed by atoms with Gasteiger partial charge in [-0.25, -0.2) is 9.78 Å². The van der Waals surface area contributed by atoms with Crippen molar-refractivity contribution in [3.8, 4) is 5.75 Å². The van der Waals surface area contributed by atoms with Crippen molar-refractivity contribution in [3.63, 3.8) is 0 Å². The van der Waals surface area contributed by atoms with Gasteiger partial charge in [-0.05, 0) is 31.0 Å². The highest BCUT2D eigenvalue weighted by molar-refractivity contribution is 5.74. The number of likely N-dealkylation sites (tertiary alicyclic amines) is 1. The van der Waals surface area contributed by atoms with E-state index < -0.39 is 0 Å². The highest BCUT2D eigenvalue weighted by atomic mass is 16.5. The first kappa shape index (κ1) is 17.6. The maximum atomic E-state index is 12.4. The average molecular weight is 370 g/mol. The summed E-state index contributed by atoms with van der Waals surface area (Å²) in [6, 6.07) is 5.72. The summed E-state index contributed by atoms with van der Waals surface area (Å²) in [6.07, 6.45) is 6.76. The van der Waals surface area contributed by atoms with Crippen LogP contribution in [0.1, 0.15) is 25.0 Å². The Hall–Kier alpha value is -2.77. The Kier molecular flexibility index (Phi) is 5.13. The van der Waals surface area contributed by atoms with Crippen LogP contribution in [0.15, 0.2) is 30.6 Å². The van der Waals surface area contributed by atoms with E-state index in [0.717, 1.165) is 36.8 Å². The van der Waals surface area contributed by atoms with Crippen molar-refractivity contribution in [3.05, 3.63) is 36.3 Å². The fraction of sp³-hybridized carbons (Fsp3) is 0.526. The first-order valence-electron chi connectivity index (χ1n) is 9.57. The number of hydrogen-bond acceptors (Lipinski definition) is 5. The lowest BCUT2D eigenvalue weighted by Gasteiger charge is -2.22. The zero-order chi connectivity index (χ0) is 18.6. The molecule has 2 saturated heterocycles. The molecule has 4 heterocycles. The molecule has 1 N–H and O–H groups in total. The summed E-state index contributed by atoms with van der Waals surface area (Å²) in [6.45, 7) is 3.81. The normalized spacial score (nSPS) is 19.5. The number of aromatic nitrogens is 3. The van der Waals surface area contributed by atoms with Gasteiger partial charge in [0.1, 0.15) is 6.10 Å². The van der Waals surface area contributed by atoms with Crippen molar-refractivity contribution in [2.45, 2.75) is 31.9 Å². The topological polar surface area (TPSA) is 75.5 Å². The number of nitrogens with zero attached hydrogens (tertiary/aromatic N) is 5. The predicted octanol–water partition coefficient (Wildman–Crippen LogP) is 1.78. The number of aryl methyl sites for hydroxylation is 1. The third-order valence-corrected chi connectivity index (χ3v) is 5.23. The molecule has 2 amide bonds. The molecule has 2 aliphatic heterocycles. The zero-order valence-electron chi connectivity index (χ0n) is 15.7. The molecule has 0 radical (unpaired) electrons. The summed E-state index contributed by atoms with van der Waals surface area (Å²) in [7, 11) is 1.87. The van der Waals surface area contributed by atoms with E-state index in [1.165, 1.54) is 12.8 Å². The third kappa shape index (κ3) is 3.99. The van der Waals surface area contributed by atoms with E-state index in [-0.39, 0.29) is 12.1 Å². The minimum atomic E-state index is -0.0618. The number of carbonyl (C=O) groups is 1. The molecule has 2 aromatic rings. The Morgan fingerprint density at radius 1 is 1.26 bits per heavy atom. The maximum Gasteiger partial charge on any atom is 0.317 e. The highest BCUT2D eigenvalue weighted by Crippen LogP contribution is 2.30. The van der Waals surface area contributed by atoms with Crippen molar-refractivity contribution in [1.29, 1.82) is 0 Å². The summed E-state index contributed by atoms with van der Waals surface area (Å²) < 4.78 is 7.99. The number of nitrogens with one attached hydrogen (secondary N) is 1. The number of carbonyl (C=O) groups excluding carboxylic acids is 1. The van der Waals surface area contributed by atoms with Gasteiger partial charge in [-0.2, -0.15) is 5.10 Å². The van der Waals surface area contributed by atoms with Crippen LogP contribution in [-0.2, 0) is 13.6 Å². The highest BCUT2D eigenvalue weighted by Gasteiger charge is 2.29. The molecular weight excluding hydrogens is 344 g/mol. The van der Waals surface area contributed by atoms with Gasteiger partial charge in [0.05, 0.1) is 18.8 Å². The summed E-state index contributed by atoms with van der Waals surface area (Å²) in [5, 5.41) is 7.07. The van der Waals surface area contributed by atoms with Gasteiger partial charge in [0.25, 0.3) is 0 Å². The first-order valence-corrected chi connectivity index (χ1v) is 9.57. The molecule has 8 heteroatoms. The average Bonchev–Trinajstić information content (AvgIpc) is 3.43. The molecule has 8 nitrogen and oxygen atoms in total. The summed E-state index contributed by atoms with van der Waals surface area (Å²) in [5.41, 5.74) is 0.973. The largest absolute Gasteiger partial charge is 0.485 e. The van der Waals surface area contributed by atoms with Crippen LogP contribution in [0.2, 0.25) is 0 Å². The van der Waals surface area contributed by atoms with Gasteiger partial charge in [0.15, 0.2) is 11.6 Å². The molecule has 0 saturated carbocycles. The van der Waals surface area contributed by atoms with Crippen LogP contribution >= 0.6 is 0 Å². The van der Waals surface area contributed by atoms with Crippen LogP contribution in [0, 0.1) is 0 Å². The Morgan fingerprint density at radius 2 is 2.11 bits per heavy atom. The standard InChI is InChI=1S/C19H26N6O2/c1-23-15(6-9-22-23)13-21-19(26)25-12-7-16(14-25)27-17-5-4-8-20-18(17)24-10-2-3-11-24/h4-6,8-9,16H,2-3,7,10-14H2,1H3,(H,21,26)/t16-/m1/s1. The number of hydrogen-bond donors (Lipinski definition) is 1. The zero-order valence-corrected chi connectivity index (χ0v) is 15.7. The minimum Gasteiger partial charge on any atom is -0.485 e. The first-order chi connectivity index (χ1) is 13.2. The number of rotatable bonds is 5. The Bertz CT molecular complexity index is 786. The number of anilines is 1. The van der Waals surface area contributed by atoms with E-state index in [1.807, 2.05) is 36.3 Å². The monoisotopic (exact) mass is 370 g/mol. The van der Waals surface area contributed by atoms with Gasteiger partial charge < -0.3 is 19.9 Å². The molecule has 144 valence electrons. The van der Waals surface area contributed by atoms with Crippen LogP contribution in [-0.4, -0.2) is 58.0 Å². The van der Waals surface area contributed by atoms with Gasteiger partial charge in [-0.3, -0.25) is 4.68 Å². The molecule has 0 aliphatic carbocycles. The van der Waals surface area contributed by atoms with Crippen molar-refractivity contribution < 1.29 is 9.53 Å². The van der Waals surface area contributed by atoms with Crippen molar-refractivity contribution in [1.82, 2.24) is 25.0 Å². The molecule has 0 aromatic carbocycles. The molecule has 1 atom stereocenters. The number of ether oxygens (including phenoxy) is 1. The second-order valence-corrected chi connectivity index (χ2v) is 7.10. The van der Waals surface area contributed by atoms with Gasteiger partial charge in [-0.1, -0.05) is 0 Å². The Morgan fingerprint density at radius 3 is 2.89 bits per heavy atom. The van der Waals surface area contributed by atoms with Crippen molar-refractivity contribution >= 4 is 11.8 Å². The molecule has 2 aromatic heterocycles. The van der Waals surface area contributed by atoms with Gasteiger partial charge >= 0.3 is 6.03 Å². The lowest BCUT2D eigenvalue weighted by molar-refractivity contribution is 0.186. The second kappa shape index (κ2) is 7.85. The van der Waals surface area contributed by atoms with E-state index in [0.29, 0.717) is 19.6 Å². The third-order valence-electron chi connectivity index (χ3n) is 5.23. The fourth-order valence-electron chi connectivity index (χ4n) is 3.68. The predicted molar refractivity (Wildman–Crippen MR) is 102 cm³/mol. The minimum absolute atomic E-state index is 0.00185. The van der Waals surface area contributed by atoms with Crippen LogP contribution in [0.25, 0.3) is 0 Å². The molecule has 4 rings (SSSR count). The van der Waals surface area contributed by atoms with Gasteiger partial charge in [0, 0.05) is 45.5 Å². The second-order valence-electron chi connectivity index (χ2n) is 7.10. The van der Waals surface area contributed by atoms with Crippen LogP contribution in [0.5, 0.6) is 5.75 Å². The molecule has 2 fully saturated rings. The maximum absolute atomic E-state index is 12.4. The SMILES string of the molecule is Cn1nccc1CNC(=O)N1CC[C@@H](Oc2cccnc2N2CCCC2)C1. The molecule has 27 heavy (non-hydrogen) atoms. The van der Waals surface area contributed by atoms with Gasteiger partial charge in [0.2, 0.25) is 0 Å². The molecule has 2 aliphatic rings. The van der Waals surface area contributed by atoms with Gasteiger partial charge in [-0.15, -0.1) is 0 Å². The smallest absolute Gasteiger partial charge is 0.317 e. The van der Waals surface area contributed by atoms with Crippen molar-refractivity contribution in [2.75, 3.05) is 31.1 Å². The van der Waals surface area contributed by atoms with Crippen LogP contribution < -0.4 is 15.0 Å².